The number of carbonyl (C=O) groups excluding carboxylic acids is 2. The fourth-order valence-corrected chi connectivity index (χ4v) is 3.64. The Labute approximate surface area is 172 Å². The van der Waals surface area contributed by atoms with Crippen LogP contribution in [0, 0.1) is 6.92 Å². The van der Waals surface area contributed by atoms with Crippen LogP contribution in [0.15, 0.2) is 48.7 Å². The number of H-pyrrole nitrogens is 1. The van der Waals surface area contributed by atoms with E-state index in [9.17, 15) is 9.59 Å². The maximum Gasteiger partial charge on any atom is 0.244 e. The highest BCUT2D eigenvalue weighted by Gasteiger charge is 2.17. The minimum atomic E-state index is -0.171. The van der Waals surface area contributed by atoms with Gasteiger partial charge < -0.3 is 15.2 Å². The molecule has 0 fully saturated rings. The van der Waals surface area contributed by atoms with Crippen LogP contribution in [0.5, 0.6) is 0 Å². The molecule has 152 valence electrons. The molecule has 5 heteroatoms. The first-order valence-electron chi connectivity index (χ1n) is 10.1. The van der Waals surface area contributed by atoms with E-state index >= 15 is 0 Å². The lowest BCUT2D eigenvalue weighted by molar-refractivity contribution is -0.132. The zero-order chi connectivity index (χ0) is 21.0. The van der Waals surface area contributed by atoms with E-state index in [0.29, 0.717) is 18.9 Å². The number of aromatic nitrogens is 1. The number of para-hydroxylation sites is 2. The van der Waals surface area contributed by atoms with Crippen molar-refractivity contribution in [3.8, 4) is 0 Å². The van der Waals surface area contributed by atoms with Crippen molar-refractivity contribution in [3.63, 3.8) is 0 Å². The summed E-state index contributed by atoms with van der Waals surface area (Å²) in [5.74, 6) is 0.0279. The summed E-state index contributed by atoms with van der Waals surface area (Å²) in [6.07, 6.45) is 2.67. The minimum Gasteiger partial charge on any atom is -0.361 e. The molecule has 0 saturated carbocycles. The highest BCUT2D eigenvalue weighted by Crippen LogP contribution is 2.27. The van der Waals surface area contributed by atoms with Crippen molar-refractivity contribution in [2.24, 2.45) is 0 Å². The van der Waals surface area contributed by atoms with E-state index < -0.39 is 0 Å². The van der Waals surface area contributed by atoms with Gasteiger partial charge in [0, 0.05) is 36.3 Å². The number of aryl methyl sites for hydroxylation is 1. The van der Waals surface area contributed by atoms with Crippen LogP contribution in [-0.4, -0.2) is 34.8 Å². The van der Waals surface area contributed by atoms with Crippen LogP contribution in [-0.2, 0) is 16.0 Å². The van der Waals surface area contributed by atoms with Crippen LogP contribution in [0.2, 0.25) is 0 Å². The predicted molar refractivity (Wildman–Crippen MR) is 118 cm³/mol. The molecule has 0 aliphatic carbocycles. The Bertz CT molecular complexity index is 1020. The van der Waals surface area contributed by atoms with Crippen molar-refractivity contribution in [2.45, 2.75) is 40.0 Å². The summed E-state index contributed by atoms with van der Waals surface area (Å²) in [7, 11) is 0. The number of hydrogen-bond donors (Lipinski definition) is 2. The lowest BCUT2D eigenvalue weighted by Gasteiger charge is -2.22. The summed E-state index contributed by atoms with van der Waals surface area (Å²) in [6, 6.07) is 14.1. The van der Waals surface area contributed by atoms with Gasteiger partial charge in [0.05, 0.1) is 6.54 Å². The molecule has 2 N–H and O–H groups in total. The Hall–Kier alpha value is -3.08. The lowest BCUT2D eigenvalue weighted by Crippen LogP contribution is -2.38. The van der Waals surface area contributed by atoms with Gasteiger partial charge in [-0.1, -0.05) is 50.2 Å². The molecule has 0 unspecified atom stereocenters. The summed E-state index contributed by atoms with van der Waals surface area (Å²) in [5, 5.41) is 4.18. The average Bonchev–Trinajstić information content (AvgIpc) is 3.09. The molecule has 0 aliphatic rings. The summed E-state index contributed by atoms with van der Waals surface area (Å²) in [6.45, 7) is 8.25. The van der Waals surface area contributed by atoms with E-state index in [0.717, 1.165) is 33.3 Å². The molecule has 3 aromatic rings. The van der Waals surface area contributed by atoms with Gasteiger partial charge in [0.1, 0.15) is 0 Å². The van der Waals surface area contributed by atoms with Gasteiger partial charge in [-0.05, 0) is 42.0 Å². The number of hydrogen-bond acceptors (Lipinski definition) is 2. The van der Waals surface area contributed by atoms with Gasteiger partial charge in [-0.25, -0.2) is 0 Å². The molecule has 0 bridgehead atoms. The van der Waals surface area contributed by atoms with E-state index in [-0.39, 0.29) is 18.4 Å². The SMILES string of the molecule is CC(=O)N(CCc1c[nH]c2ccccc12)CC(=O)Nc1c(C)cccc1C(C)C. The molecule has 0 aliphatic heterocycles. The van der Waals surface area contributed by atoms with E-state index in [4.69, 9.17) is 0 Å². The molecule has 0 saturated heterocycles. The van der Waals surface area contributed by atoms with Gasteiger partial charge in [-0.3, -0.25) is 9.59 Å². The highest BCUT2D eigenvalue weighted by molar-refractivity contribution is 5.95. The Morgan fingerprint density at radius 2 is 1.86 bits per heavy atom. The Morgan fingerprint density at radius 3 is 2.59 bits per heavy atom. The monoisotopic (exact) mass is 391 g/mol. The molecule has 2 aromatic carbocycles. The standard InChI is InChI=1S/C24H29N3O2/c1-16(2)20-10-7-8-17(3)24(20)26-23(29)15-27(18(4)28)13-12-19-14-25-22-11-6-5-9-21(19)22/h5-11,14,16,25H,12-13,15H2,1-4H3,(H,26,29). The molecular weight excluding hydrogens is 362 g/mol. The number of fused-ring (bicyclic) bond motifs is 1. The second-order valence-electron chi connectivity index (χ2n) is 7.79. The van der Waals surface area contributed by atoms with Crippen LogP contribution in [0.4, 0.5) is 5.69 Å². The zero-order valence-corrected chi connectivity index (χ0v) is 17.6. The number of rotatable bonds is 7. The molecular formula is C24H29N3O2. The average molecular weight is 392 g/mol. The second kappa shape index (κ2) is 8.95. The predicted octanol–water partition coefficient (Wildman–Crippen LogP) is 4.63. The minimum absolute atomic E-state index is 0.0452. The molecule has 0 radical (unpaired) electrons. The Morgan fingerprint density at radius 1 is 1.10 bits per heavy atom. The maximum atomic E-state index is 12.7. The summed E-state index contributed by atoms with van der Waals surface area (Å²) in [5.41, 5.74) is 5.21. The van der Waals surface area contributed by atoms with Crippen molar-refractivity contribution < 1.29 is 9.59 Å². The van der Waals surface area contributed by atoms with E-state index in [2.05, 4.69) is 30.2 Å². The highest BCUT2D eigenvalue weighted by atomic mass is 16.2. The van der Waals surface area contributed by atoms with Gasteiger partial charge in [0.15, 0.2) is 0 Å². The zero-order valence-electron chi connectivity index (χ0n) is 17.6. The van der Waals surface area contributed by atoms with Crippen LogP contribution in [0.25, 0.3) is 10.9 Å². The van der Waals surface area contributed by atoms with E-state index in [1.54, 1.807) is 4.90 Å². The van der Waals surface area contributed by atoms with E-state index in [1.165, 1.54) is 6.92 Å². The van der Waals surface area contributed by atoms with Gasteiger partial charge in [0.2, 0.25) is 11.8 Å². The van der Waals surface area contributed by atoms with Crippen LogP contribution in [0.3, 0.4) is 0 Å². The number of carbonyl (C=O) groups is 2. The maximum absolute atomic E-state index is 12.7. The number of amides is 2. The first-order chi connectivity index (χ1) is 13.9. The quantitative estimate of drug-likeness (QED) is 0.617. The van der Waals surface area contributed by atoms with Crippen molar-refractivity contribution in [2.75, 3.05) is 18.4 Å². The third-order valence-electron chi connectivity index (χ3n) is 5.30. The summed E-state index contributed by atoms with van der Waals surface area (Å²) >= 11 is 0. The first kappa shape index (κ1) is 20.6. The molecule has 3 rings (SSSR count). The third-order valence-corrected chi connectivity index (χ3v) is 5.30. The van der Waals surface area contributed by atoms with Gasteiger partial charge in [-0.15, -0.1) is 0 Å². The molecule has 0 atom stereocenters. The molecule has 2 amide bonds. The van der Waals surface area contributed by atoms with E-state index in [1.807, 2.05) is 49.5 Å². The van der Waals surface area contributed by atoms with Crippen molar-refractivity contribution in [3.05, 3.63) is 65.4 Å². The van der Waals surface area contributed by atoms with Crippen LogP contribution >= 0.6 is 0 Å². The Balaban J connectivity index is 1.68. The Kier molecular flexibility index (Phi) is 6.37. The second-order valence-corrected chi connectivity index (χ2v) is 7.79. The summed E-state index contributed by atoms with van der Waals surface area (Å²) in [4.78, 5) is 29.7. The number of anilines is 1. The summed E-state index contributed by atoms with van der Waals surface area (Å²) < 4.78 is 0. The van der Waals surface area contributed by atoms with Gasteiger partial charge in [-0.2, -0.15) is 0 Å². The molecule has 0 spiro atoms. The number of nitrogens with one attached hydrogen (secondary N) is 2. The number of aromatic amines is 1. The van der Waals surface area contributed by atoms with Crippen molar-refractivity contribution in [1.29, 1.82) is 0 Å². The lowest BCUT2D eigenvalue weighted by atomic mass is 9.98. The molecule has 5 nitrogen and oxygen atoms in total. The third kappa shape index (κ3) is 4.86. The van der Waals surface area contributed by atoms with Crippen molar-refractivity contribution in [1.82, 2.24) is 9.88 Å². The fourth-order valence-electron chi connectivity index (χ4n) is 3.64. The fraction of sp³-hybridized carbons (Fsp3) is 0.333. The van der Waals surface area contributed by atoms with Crippen LogP contribution < -0.4 is 5.32 Å². The molecule has 1 heterocycles. The largest absolute Gasteiger partial charge is 0.361 e. The van der Waals surface area contributed by atoms with Gasteiger partial charge >= 0.3 is 0 Å². The van der Waals surface area contributed by atoms with Gasteiger partial charge in [0.25, 0.3) is 0 Å². The molecule has 29 heavy (non-hydrogen) atoms. The molecule has 1 aromatic heterocycles. The number of benzene rings is 2. The smallest absolute Gasteiger partial charge is 0.244 e. The first-order valence-corrected chi connectivity index (χ1v) is 10.1. The normalized spacial score (nSPS) is 11.1. The topological polar surface area (TPSA) is 65.2 Å². The van der Waals surface area contributed by atoms with Crippen LogP contribution in [0.1, 0.15) is 43.4 Å². The number of nitrogens with zero attached hydrogens (tertiary/aromatic N) is 1. The van der Waals surface area contributed by atoms with Crippen molar-refractivity contribution >= 4 is 28.4 Å².